The second kappa shape index (κ2) is 5.15. The summed E-state index contributed by atoms with van der Waals surface area (Å²) in [5.74, 6) is 0. The van der Waals surface area contributed by atoms with Gasteiger partial charge in [0.15, 0.2) is 0 Å². The minimum Gasteiger partial charge on any atom is -0.305 e. The van der Waals surface area contributed by atoms with Crippen molar-refractivity contribution in [2.24, 2.45) is 7.05 Å². The molecular formula is C15H17N3S. The molecular weight excluding hydrogens is 254 g/mol. The molecule has 0 bridgehead atoms. The van der Waals surface area contributed by atoms with Crippen LogP contribution >= 0.6 is 11.3 Å². The van der Waals surface area contributed by atoms with Crippen molar-refractivity contribution in [2.75, 3.05) is 6.54 Å². The fourth-order valence-corrected chi connectivity index (χ4v) is 3.35. The summed E-state index contributed by atoms with van der Waals surface area (Å²) in [7, 11) is 1.96. The Kier molecular flexibility index (Phi) is 3.36. The molecule has 2 aromatic heterocycles. The van der Waals surface area contributed by atoms with E-state index in [1.807, 2.05) is 17.9 Å². The molecule has 3 rings (SSSR count). The van der Waals surface area contributed by atoms with Crippen molar-refractivity contribution in [1.29, 1.82) is 0 Å². The van der Waals surface area contributed by atoms with Crippen molar-refractivity contribution < 1.29 is 0 Å². The fourth-order valence-electron chi connectivity index (χ4n) is 2.41. The molecule has 1 atom stereocenters. The van der Waals surface area contributed by atoms with Crippen LogP contribution in [0.1, 0.15) is 24.2 Å². The van der Waals surface area contributed by atoms with Crippen LogP contribution in [0, 0.1) is 0 Å². The molecule has 2 heterocycles. The van der Waals surface area contributed by atoms with Gasteiger partial charge in [0.25, 0.3) is 0 Å². The van der Waals surface area contributed by atoms with Gasteiger partial charge < -0.3 is 5.32 Å². The molecule has 0 saturated carbocycles. The summed E-state index contributed by atoms with van der Waals surface area (Å²) in [6.07, 6.45) is 1.99. The zero-order valence-corrected chi connectivity index (χ0v) is 11.9. The lowest BCUT2D eigenvalue weighted by atomic mass is 10.0. The van der Waals surface area contributed by atoms with E-state index in [-0.39, 0.29) is 6.04 Å². The molecule has 0 radical (unpaired) electrons. The molecule has 0 aliphatic rings. The molecule has 1 unspecified atom stereocenters. The number of fused-ring (bicyclic) bond motifs is 1. The van der Waals surface area contributed by atoms with E-state index in [0.717, 1.165) is 12.2 Å². The Balaban J connectivity index is 2.11. The summed E-state index contributed by atoms with van der Waals surface area (Å²) in [6.45, 7) is 3.05. The summed E-state index contributed by atoms with van der Waals surface area (Å²) in [5, 5.41) is 11.6. The second-order valence-corrected chi connectivity index (χ2v) is 5.51. The van der Waals surface area contributed by atoms with Crippen LogP contribution in [0.5, 0.6) is 0 Å². The fraction of sp³-hybridized carbons (Fsp3) is 0.267. The molecule has 3 aromatic rings. The Morgan fingerprint density at radius 1 is 1.32 bits per heavy atom. The molecule has 4 heteroatoms. The van der Waals surface area contributed by atoms with E-state index in [1.165, 1.54) is 15.6 Å². The monoisotopic (exact) mass is 271 g/mol. The lowest BCUT2D eigenvalue weighted by Gasteiger charge is -2.17. The van der Waals surface area contributed by atoms with E-state index in [4.69, 9.17) is 0 Å². The smallest absolute Gasteiger partial charge is 0.0839 e. The van der Waals surface area contributed by atoms with Gasteiger partial charge in [-0.05, 0) is 35.0 Å². The number of thiophene rings is 1. The van der Waals surface area contributed by atoms with E-state index in [0.29, 0.717) is 0 Å². The van der Waals surface area contributed by atoms with Crippen LogP contribution in [0.15, 0.2) is 41.9 Å². The van der Waals surface area contributed by atoms with E-state index in [9.17, 15) is 0 Å². The maximum Gasteiger partial charge on any atom is 0.0839 e. The quantitative estimate of drug-likeness (QED) is 0.789. The first kappa shape index (κ1) is 12.4. The zero-order chi connectivity index (χ0) is 13.2. The molecule has 0 amide bonds. The average molecular weight is 271 g/mol. The topological polar surface area (TPSA) is 29.9 Å². The molecule has 0 fully saturated rings. The summed E-state index contributed by atoms with van der Waals surface area (Å²) in [6, 6.07) is 10.9. The van der Waals surface area contributed by atoms with Gasteiger partial charge in [-0.25, -0.2) is 0 Å². The molecule has 1 aromatic carbocycles. The highest BCUT2D eigenvalue weighted by Gasteiger charge is 2.18. The molecule has 0 spiro atoms. The van der Waals surface area contributed by atoms with Crippen LogP contribution in [0.4, 0.5) is 0 Å². The summed E-state index contributed by atoms with van der Waals surface area (Å²) in [5.41, 5.74) is 2.39. The van der Waals surface area contributed by atoms with Gasteiger partial charge in [0, 0.05) is 17.9 Å². The maximum atomic E-state index is 4.56. The van der Waals surface area contributed by atoms with Gasteiger partial charge in [-0.3, -0.25) is 4.68 Å². The minimum absolute atomic E-state index is 0.161. The van der Waals surface area contributed by atoms with Crippen molar-refractivity contribution in [3.05, 3.63) is 53.2 Å². The first-order valence-corrected chi connectivity index (χ1v) is 7.36. The average Bonchev–Trinajstić information content (AvgIpc) is 3.04. The number of benzene rings is 1. The van der Waals surface area contributed by atoms with Crippen LogP contribution in [-0.4, -0.2) is 16.3 Å². The number of aryl methyl sites for hydroxylation is 1. The van der Waals surface area contributed by atoms with Crippen LogP contribution in [0.3, 0.4) is 0 Å². The second-order valence-electron chi connectivity index (χ2n) is 4.59. The van der Waals surface area contributed by atoms with Gasteiger partial charge in [0.1, 0.15) is 0 Å². The predicted octanol–water partition coefficient (Wildman–Crippen LogP) is 3.33. The highest BCUT2D eigenvalue weighted by molar-refractivity contribution is 7.17. The van der Waals surface area contributed by atoms with Crippen molar-refractivity contribution >= 4 is 21.4 Å². The standard InChI is InChI=1S/C15H17N3S/c1-3-16-14(13-7-9-18(2)17-13)12-6-4-5-11-8-10-19-15(11)12/h4-10,14,16H,3H2,1-2H3. The van der Waals surface area contributed by atoms with Crippen LogP contribution < -0.4 is 5.32 Å². The molecule has 19 heavy (non-hydrogen) atoms. The summed E-state index contributed by atoms with van der Waals surface area (Å²) >= 11 is 1.80. The SMILES string of the molecule is CCNC(c1ccn(C)n1)c1cccc2ccsc12. The van der Waals surface area contributed by atoms with E-state index < -0.39 is 0 Å². The summed E-state index contributed by atoms with van der Waals surface area (Å²) < 4.78 is 3.20. The number of hydrogen-bond donors (Lipinski definition) is 1. The Hall–Kier alpha value is -1.65. The minimum atomic E-state index is 0.161. The molecule has 3 nitrogen and oxygen atoms in total. The van der Waals surface area contributed by atoms with Crippen molar-refractivity contribution in [3.63, 3.8) is 0 Å². The Bertz CT molecular complexity index is 683. The molecule has 1 N–H and O–H groups in total. The third-order valence-electron chi connectivity index (χ3n) is 3.26. The normalized spacial score (nSPS) is 12.9. The first-order chi connectivity index (χ1) is 9.29. The Morgan fingerprint density at radius 2 is 2.21 bits per heavy atom. The molecule has 0 aliphatic carbocycles. The Labute approximate surface area is 116 Å². The van der Waals surface area contributed by atoms with Gasteiger partial charge in [0.2, 0.25) is 0 Å². The van der Waals surface area contributed by atoms with Gasteiger partial charge in [-0.15, -0.1) is 11.3 Å². The van der Waals surface area contributed by atoms with Crippen LogP contribution in [0.2, 0.25) is 0 Å². The zero-order valence-electron chi connectivity index (χ0n) is 11.1. The van der Waals surface area contributed by atoms with Crippen molar-refractivity contribution in [3.8, 4) is 0 Å². The first-order valence-electron chi connectivity index (χ1n) is 6.48. The number of rotatable bonds is 4. The van der Waals surface area contributed by atoms with Crippen LogP contribution in [-0.2, 0) is 7.05 Å². The van der Waals surface area contributed by atoms with Crippen molar-refractivity contribution in [1.82, 2.24) is 15.1 Å². The highest BCUT2D eigenvalue weighted by atomic mass is 32.1. The van der Waals surface area contributed by atoms with Crippen molar-refractivity contribution in [2.45, 2.75) is 13.0 Å². The maximum absolute atomic E-state index is 4.56. The van der Waals surface area contributed by atoms with Gasteiger partial charge in [0.05, 0.1) is 11.7 Å². The largest absolute Gasteiger partial charge is 0.305 e. The summed E-state index contributed by atoms with van der Waals surface area (Å²) in [4.78, 5) is 0. The molecule has 0 aliphatic heterocycles. The number of nitrogens with zero attached hydrogens (tertiary/aromatic N) is 2. The van der Waals surface area contributed by atoms with E-state index in [1.54, 1.807) is 11.3 Å². The van der Waals surface area contributed by atoms with Gasteiger partial charge in [-0.2, -0.15) is 5.10 Å². The third kappa shape index (κ3) is 2.29. The molecule has 98 valence electrons. The number of aromatic nitrogens is 2. The van der Waals surface area contributed by atoms with Crippen LogP contribution in [0.25, 0.3) is 10.1 Å². The lowest BCUT2D eigenvalue weighted by Crippen LogP contribution is -2.22. The number of nitrogens with one attached hydrogen (secondary N) is 1. The highest BCUT2D eigenvalue weighted by Crippen LogP contribution is 2.31. The van der Waals surface area contributed by atoms with Gasteiger partial charge in [-0.1, -0.05) is 25.1 Å². The third-order valence-corrected chi connectivity index (χ3v) is 4.24. The lowest BCUT2D eigenvalue weighted by molar-refractivity contribution is 0.603. The Morgan fingerprint density at radius 3 is 2.95 bits per heavy atom. The van der Waals surface area contributed by atoms with Gasteiger partial charge >= 0.3 is 0 Å². The van der Waals surface area contributed by atoms with E-state index >= 15 is 0 Å². The molecule has 0 saturated heterocycles. The van der Waals surface area contributed by atoms with E-state index in [2.05, 4.69) is 53.1 Å². The predicted molar refractivity (Wildman–Crippen MR) is 80.6 cm³/mol. The number of hydrogen-bond acceptors (Lipinski definition) is 3.